The van der Waals surface area contributed by atoms with Crippen LogP contribution in [0.3, 0.4) is 0 Å². The van der Waals surface area contributed by atoms with Crippen molar-refractivity contribution in [2.45, 2.75) is 38.3 Å². The summed E-state index contributed by atoms with van der Waals surface area (Å²) in [6.07, 6.45) is 0.399. The highest BCUT2D eigenvalue weighted by Gasteiger charge is 2.36. The predicted molar refractivity (Wildman–Crippen MR) is 55.5 cm³/mol. The summed E-state index contributed by atoms with van der Waals surface area (Å²) in [5.74, 6) is -0.934. The zero-order valence-corrected chi connectivity index (χ0v) is 9.41. The van der Waals surface area contributed by atoms with Gasteiger partial charge in [-0.05, 0) is 27.3 Å². The van der Waals surface area contributed by atoms with Crippen molar-refractivity contribution in [3.05, 3.63) is 0 Å². The van der Waals surface area contributed by atoms with Crippen LogP contribution in [0.2, 0.25) is 0 Å². The number of amides is 1. The van der Waals surface area contributed by atoms with Gasteiger partial charge in [-0.15, -0.1) is 0 Å². The first-order valence-corrected chi connectivity index (χ1v) is 5.06. The van der Waals surface area contributed by atoms with Crippen molar-refractivity contribution in [1.29, 1.82) is 0 Å². The van der Waals surface area contributed by atoms with Crippen LogP contribution < -0.4 is 5.32 Å². The Kier molecular flexibility index (Phi) is 3.34. The van der Waals surface area contributed by atoms with E-state index in [9.17, 15) is 9.59 Å². The molecule has 1 amide bonds. The van der Waals surface area contributed by atoms with Crippen LogP contribution in [0.15, 0.2) is 0 Å². The highest BCUT2D eigenvalue weighted by Crippen LogP contribution is 2.17. The van der Waals surface area contributed by atoms with E-state index in [1.165, 1.54) is 0 Å². The first-order chi connectivity index (χ1) is 6.82. The smallest absolute Gasteiger partial charge is 0.303 e. The summed E-state index contributed by atoms with van der Waals surface area (Å²) in [6, 6.07) is -0.311. The van der Waals surface area contributed by atoms with E-state index >= 15 is 0 Å². The molecule has 1 unspecified atom stereocenters. The monoisotopic (exact) mass is 214 g/mol. The number of carbonyl (C=O) groups is 2. The highest BCUT2D eigenvalue weighted by atomic mass is 16.4. The molecule has 0 saturated carbocycles. The Labute approximate surface area is 89.4 Å². The Balaban J connectivity index is 2.59. The van der Waals surface area contributed by atoms with E-state index in [-0.39, 0.29) is 23.9 Å². The maximum absolute atomic E-state index is 11.7. The first kappa shape index (κ1) is 12.0. The summed E-state index contributed by atoms with van der Waals surface area (Å²) in [7, 11) is 1.85. The molecular formula is C10H18N2O3. The molecule has 15 heavy (non-hydrogen) atoms. The number of aliphatic carboxylic acids is 1. The van der Waals surface area contributed by atoms with Crippen molar-refractivity contribution in [2.75, 3.05) is 13.6 Å². The van der Waals surface area contributed by atoms with E-state index in [0.29, 0.717) is 6.42 Å². The second-order valence-electron chi connectivity index (χ2n) is 4.74. The lowest BCUT2D eigenvalue weighted by atomic mass is 9.96. The number of likely N-dealkylation sites (N-methyl/N-ethyl adjacent to an activating group) is 1. The van der Waals surface area contributed by atoms with Crippen LogP contribution in [0.5, 0.6) is 0 Å². The van der Waals surface area contributed by atoms with Crippen molar-refractivity contribution in [1.82, 2.24) is 10.2 Å². The number of rotatable bonds is 3. The number of nitrogens with one attached hydrogen (secondary N) is 1. The lowest BCUT2D eigenvalue weighted by Crippen LogP contribution is -2.63. The maximum atomic E-state index is 11.7. The van der Waals surface area contributed by atoms with Crippen LogP contribution in [0, 0.1) is 0 Å². The Morgan fingerprint density at radius 3 is 2.73 bits per heavy atom. The van der Waals surface area contributed by atoms with Gasteiger partial charge in [0.25, 0.3) is 0 Å². The van der Waals surface area contributed by atoms with Crippen molar-refractivity contribution in [3.63, 3.8) is 0 Å². The van der Waals surface area contributed by atoms with Gasteiger partial charge in [-0.25, -0.2) is 0 Å². The van der Waals surface area contributed by atoms with Gasteiger partial charge in [0.1, 0.15) is 0 Å². The molecule has 0 aromatic carbocycles. The molecule has 1 rings (SSSR count). The second kappa shape index (κ2) is 4.18. The fourth-order valence-corrected chi connectivity index (χ4v) is 2.00. The Bertz CT molecular complexity index is 276. The number of nitrogens with zero attached hydrogens (tertiary/aromatic N) is 1. The van der Waals surface area contributed by atoms with Gasteiger partial charge in [0.05, 0.1) is 6.04 Å². The number of piperazine rings is 1. The lowest BCUT2D eigenvalue weighted by molar-refractivity contribution is -0.138. The van der Waals surface area contributed by atoms with Gasteiger partial charge in [0.15, 0.2) is 0 Å². The van der Waals surface area contributed by atoms with E-state index in [1.54, 1.807) is 0 Å². The molecule has 1 atom stereocenters. The van der Waals surface area contributed by atoms with Gasteiger partial charge in [-0.3, -0.25) is 14.5 Å². The average molecular weight is 214 g/mol. The standard InChI is InChI=1S/C10H18N2O3/c1-10(2)6-12(3)7(9(15)11-10)4-5-8(13)14/h7H,4-6H2,1-3H3,(H,11,15)(H,13,14). The number of carboxylic acid groups (broad SMARTS) is 1. The molecule has 5 nitrogen and oxygen atoms in total. The summed E-state index contributed by atoms with van der Waals surface area (Å²) < 4.78 is 0. The van der Waals surface area contributed by atoms with Crippen molar-refractivity contribution in [3.8, 4) is 0 Å². The van der Waals surface area contributed by atoms with Crippen molar-refractivity contribution < 1.29 is 14.7 Å². The molecule has 2 N–H and O–H groups in total. The van der Waals surface area contributed by atoms with Gasteiger partial charge in [0.2, 0.25) is 5.91 Å². The van der Waals surface area contributed by atoms with Crippen LogP contribution in [0.25, 0.3) is 0 Å². The molecule has 0 bridgehead atoms. The highest BCUT2D eigenvalue weighted by molar-refractivity contribution is 5.83. The van der Waals surface area contributed by atoms with E-state index in [0.717, 1.165) is 6.54 Å². The van der Waals surface area contributed by atoms with Crippen LogP contribution >= 0.6 is 0 Å². The SMILES string of the molecule is CN1CC(C)(C)NC(=O)C1CCC(=O)O. The fraction of sp³-hybridized carbons (Fsp3) is 0.800. The van der Waals surface area contributed by atoms with E-state index in [4.69, 9.17) is 5.11 Å². The second-order valence-corrected chi connectivity index (χ2v) is 4.74. The summed E-state index contributed by atoms with van der Waals surface area (Å²) in [5.41, 5.74) is -0.231. The quantitative estimate of drug-likeness (QED) is 0.697. The van der Waals surface area contributed by atoms with E-state index < -0.39 is 5.97 Å². The number of carboxylic acids is 1. The topological polar surface area (TPSA) is 69.6 Å². The minimum atomic E-state index is -0.860. The molecule has 0 aromatic rings. The largest absolute Gasteiger partial charge is 0.481 e. The lowest BCUT2D eigenvalue weighted by Gasteiger charge is -2.41. The molecule has 0 radical (unpaired) electrons. The Morgan fingerprint density at radius 2 is 2.27 bits per heavy atom. The van der Waals surface area contributed by atoms with Crippen molar-refractivity contribution >= 4 is 11.9 Å². The van der Waals surface area contributed by atoms with Crippen LogP contribution in [0.1, 0.15) is 26.7 Å². The zero-order chi connectivity index (χ0) is 11.6. The minimum Gasteiger partial charge on any atom is -0.481 e. The molecule has 1 aliphatic rings. The normalized spacial score (nSPS) is 26.1. The molecule has 1 saturated heterocycles. The maximum Gasteiger partial charge on any atom is 0.303 e. The molecule has 0 aromatic heterocycles. The van der Waals surface area contributed by atoms with E-state index in [1.807, 2.05) is 25.8 Å². The fourth-order valence-electron chi connectivity index (χ4n) is 2.00. The van der Waals surface area contributed by atoms with E-state index in [2.05, 4.69) is 5.32 Å². The van der Waals surface area contributed by atoms with Gasteiger partial charge < -0.3 is 10.4 Å². The molecule has 5 heteroatoms. The predicted octanol–water partition coefficient (Wildman–Crippen LogP) is 0.0600. The zero-order valence-electron chi connectivity index (χ0n) is 9.41. The summed E-state index contributed by atoms with van der Waals surface area (Å²) in [4.78, 5) is 24.0. The summed E-state index contributed by atoms with van der Waals surface area (Å²) >= 11 is 0. The third-order valence-corrected chi connectivity index (χ3v) is 2.57. The van der Waals surface area contributed by atoms with Crippen LogP contribution in [-0.2, 0) is 9.59 Å². The molecule has 0 aliphatic carbocycles. The van der Waals surface area contributed by atoms with Gasteiger partial charge in [-0.1, -0.05) is 0 Å². The summed E-state index contributed by atoms with van der Waals surface area (Å²) in [5, 5.41) is 11.5. The Morgan fingerprint density at radius 1 is 1.67 bits per heavy atom. The molecule has 86 valence electrons. The minimum absolute atomic E-state index is 0.0306. The Hall–Kier alpha value is -1.10. The van der Waals surface area contributed by atoms with Gasteiger partial charge in [-0.2, -0.15) is 0 Å². The average Bonchev–Trinajstić information content (AvgIpc) is 1.98. The third-order valence-electron chi connectivity index (χ3n) is 2.57. The van der Waals surface area contributed by atoms with Crippen molar-refractivity contribution in [2.24, 2.45) is 0 Å². The number of carbonyl (C=O) groups excluding carboxylic acids is 1. The van der Waals surface area contributed by atoms with Gasteiger partial charge >= 0.3 is 5.97 Å². The molecule has 1 aliphatic heterocycles. The molecule has 1 heterocycles. The molecule has 1 fully saturated rings. The number of hydrogen-bond acceptors (Lipinski definition) is 3. The van der Waals surface area contributed by atoms with Crippen LogP contribution in [-0.4, -0.2) is 47.1 Å². The first-order valence-electron chi connectivity index (χ1n) is 5.06. The van der Waals surface area contributed by atoms with Gasteiger partial charge in [0, 0.05) is 18.5 Å². The molecule has 0 spiro atoms. The van der Waals surface area contributed by atoms with Crippen LogP contribution in [0.4, 0.5) is 0 Å². The third kappa shape index (κ3) is 3.20. The number of hydrogen-bond donors (Lipinski definition) is 2. The summed E-state index contributed by atoms with van der Waals surface area (Å²) in [6.45, 7) is 4.65. The molecular weight excluding hydrogens is 196 g/mol.